The molecule has 0 aliphatic carbocycles. The van der Waals surface area contributed by atoms with Gasteiger partial charge in [-0.1, -0.05) is 0 Å². The third-order valence-electron chi connectivity index (χ3n) is 1.33. The number of rotatable bonds is 0. The number of aromatic nitrogens is 4. The first-order valence-electron chi connectivity index (χ1n) is 2.93. The average Bonchev–Trinajstić information content (AvgIpc) is 2.34. The van der Waals surface area contributed by atoms with Crippen molar-refractivity contribution in [3.8, 4) is 0 Å². The van der Waals surface area contributed by atoms with E-state index in [1.807, 2.05) is 0 Å². The van der Waals surface area contributed by atoms with Crippen LogP contribution < -0.4 is 11.2 Å². The zero-order chi connectivity index (χ0) is 7.84. The number of fused-ring (bicyclic) bond motifs is 1. The Balaban J connectivity index is 0.000000720. The summed E-state index contributed by atoms with van der Waals surface area (Å²) in [5.41, 5.74) is -0.445. The minimum atomic E-state index is -0.547. The van der Waals surface area contributed by atoms with Gasteiger partial charge in [0.15, 0.2) is 5.65 Å². The zero-order valence-electron chi connectivity index (χ0n) is 6.05. The van der Waals surface area contributed by atoms with Crippen molar-refractivity contribution in [1.29, 1.82) is 0 Å². The van der Waals surface area contributed by atoms with Crippen molar-refractivity contribution in [1.82, 2.24) is 19.9 Å². The van der Waals surface area contributed by atoms with Gasteiger partial charge in [-0.2, -0.15) is 9.90 Å². The summed E-state index contributed by atoms with van der Waals surface area (Å²) in [6, 6.07) is 0. The zero-order valence-corrected chi connectivity index (χ0v) is 7.46. The summed E-state index contributed by atoms with van der Waals surface area (Å²) in [7, 11) is 0. The molecule has 1 unspecified atom stereocenters. The maximum atomic E-state index is 10.9. The van der Waals surface area contributed by atoms with Crippen LogP contribution in [0.15, 0.2) is 15.9 Å². The summed E-state index contributed by atoms with van der Waals surface area (Å²) in [4.78, 5) is 32.3. The minimum absolute atomic E-state index is 0. The maximum absolute atomic E-state index is 10.9. The molecule has 2 aromatic rings. The second kappa shape index (κ2) is 2.91. The van der Waals surface area contributed by atoms with Crippen molar-refractivity contribution in [2.75, 3.05) is 0 Å². The quantitative estimate of drug-likeness (QED) is 0.460. The van der Waals surface area contributed by atoms with E-state index in [2.05, 4.69) is 19.9 Å². The predicted octanol–water partition coefficient (Wildman–Crippen LogP) is -1.00. The fraction of sp³-hybridized carbons (Fsp3) is 0. The van der Waals surface area contributed by atoms with Gasteiger partial charge in [-0.15, -0.1) is 0 Å². The van der Waals surface area contributed by atoms with Crippen LogP contribution in [0.2, 0.25) is 0 Å². The Morgan fingerprint density at radius 1 is 1.25 bits per heavy atom. The van der Waals surface area contributed by atoms with Gasteiger partial charge in [-0.3, -0.25) is 14.8 Å². The lowest BCUT2D eigenvalue weighted by Gasteiger charge is -1.83. The Morgan fingerprint density at radius 3 is 2.75 bits per heavy atom. The van der Waals surface area contributed by atoms with Crippen LogP contribution in [0.4, 0.5) is 0 Å². The van der Waals surface area contributed by atoms with Crippen LogP contribution in [0, 0.1) is 0 Å². The SMILES string of the molecule is O=c1[nH]c(=O)c2[nH]cnc2[nH]1.P. The molecule has 2 heterocycles. The first-order valence-corrected chi connectivity index (χ1v) is 2.93. The van der Waals surface area contributed by atoms with E-state index in [0.29, 0.717) is 0 Å². The van der Waals surface area contributed by atoms with Crippen molar-refractivity contribution in [3.05, 3.63) is 27.2 Å². The summed E-state index contributed by atoms with van der Waals surface area (Å²) in [6.45, 7) is 0. The summed E-state index contributed by atoms with van der Waals surface area (Å²) < 4.78 is 0. The molecule has 0 amide bonds. The molecule has 0 saturated heterocycles. The fourth-order valence-electron chi connectivity index (χ4n) is 0.867. The fourth-order valence-corrected chi connectivity index (χ4v) is 0.867. The Bertz CT molecular complexity index is 496. The third-order valence-corrected chi connectivity index (χ3v) is 1.33. The number of hydrogen-bond donors (Lipinski definition) is 3. The molecule has 0 fully saturated rings. The molecule has 6 nitrogen and oxygen atoms in total. The van der Waals surface area contributed by atoms with Crippen LogP contribution in [0.3, 0.4) is 0 Å². The lowest BCUT2D eigenvalue weighted by atomic mass is 10.5. The highest BCUT2D eigenvalue weighted by molar-refractivity contribution is 6.92. The van der Waals surface area contributed by atoms with Crippen LogP contribution in [-0.2, 0) is 0 Å². The van der Waals surface area contributed by atoms with Crippen molar-refractivity contribution in [3.63, 3.8) is 0 Å². The van der Waals surface area contributed by atoms with Gasteiger partial charge in [0.2, 0.25) is 0 Å². The topological polar surface area (TPSA) is 94.4 Å². The van der Waals surface area contributed by atoms with E-state index in [9.17, 15) is 9.59 Å². The second-order valence-corrected chi connectivity index (χ2v) is 2.03. The number of imidazole rings is 1. The number of nitrogens with one attached hydrogen (secondary N) is 3. The number of aromatic amines is 3. The average molecular weight is 186 g/mol. The van der Waals surface area contributed by atoms with Crippen LogP contribution in [-0.4, -0.2) is 19.9 Å². The molecule has 0 aromatic carbocycles. The Labute approximate surface area is 69.1 Å². The summed E-state index contributed by atoms with van der Waals surface area (Å²) >= 11 is 0. The lowest BCUT2D eigenvalue weighted by molar-refractivity contribution is 1.07. The summed E-state index contributed by atoms with van der Waals surface area (Å²) in [6.07, 6.45) is 1.34. The van der Waals surface area contributed by atoms with Gasteiger partial charge in [0, 0.05) is 0 Å². The largest absolute Gasteiger partial charge is 0.339 e. The van der Waals surface area contributed by atoms with E-state index in [-0.39, 0.29) is 21.1 Å². The standard InChI is InChI=1S/C5H4N4O2.H3P/c10-4-2-3(7-1-6-2)8-5(11)9-4;/h1H,(H3,6,7,8,9,10,11);1H3. The molecule has 0 radical (unpaired) electrons. The van der Waals surface area contributed by atoms with Gasteiger partial charge in [-0.25, -0.2) is 9.78 Å². The molecule has 0 aliphatic heterocycles. The van der Waals surface area contributed by atoms with Crippen LogP contribution in [0.25, 0.3) is 11.2 Å². The van der Waals surface area contributed by atoms with Crippen molar-refractivity contribution >= 4 is 21.1 Å². The molecular weight excluding hydrogens is 179 g/mol. The van der Waals surface area contributed by atoms with E-state index in [4.69, 9.17) is 0 Å². The Morgan fingerprint density at radius 2 is 2.00 bits per heavy atom. The predicted molar refractivity (Wildman–Crippen MR) is 48.4 cm³/mol. The second-order valence-electron chi connectivity index (χ2n) is 2.03. The minimum Gasteiger partial charge on any atom is -0.339 e. The van der Waals surface area contributed by atoms with Gasteiger partial charge < -0.3 is 4.98 Å². The number of H-pyrrole nitrogens is 3. The van der Waals surface area contributed by atoms with Gasteiger partial charge in [0.25, 0.3) is 5.56 Å². The van der Waals surface area contributed by atoms with Crippen molar-refractivity contribution in [2.45, 2.75) is 0 Å². The molecule has 0 saturated carbocycles. The molecule has 64 valence electrons. The van der Waals surface area contributed by atoms with E-state index >= 15 is 0 Å². The van der Waals surface area contributed by atoms with Gasteiger partial charge in [0.1, 0.15) is 5.52 Å². The van der Waals surface area contributed by atoms with Gasteiger partial charge in [-0.05, 0) is 0 Å². The molecule has 7 heteroatoms. The van der Waals surface area contributed by atoms with Gasteiger partial charge >= 0.3 is 5.69 Å². The van der Waals surface area contributed by atoms with Crippen LogP contribution in [0.1, 0.15) is 0 Å². The first-order chi connectivity index (χ1) is 5.27. The normalized spacial score (nSPS) is 9.67. The van der Waals surface area contributed by atoms with E-state index < -0.39 is 11.2 Å². The van der Waals surface area contributed by atoms with Crippen molar-refractivity contribution in [2.24, 2.45) is 0 Å². The third kappa shape index (κ3) is 1.16. The van der Waals surface area contributed by atoms with E-state index in [1.54, 1.807) is 0 Å². The summed E-state index contributed by atoms with van der Waals surface area (Å²) in [5.74, 6) is 0. The molecule has 2 rings (SSSR count). The molecule has 1 atom stereocenters. The van der Waals surface area contributed by atoms with Crippen LogP contribution in [0.5, 0.6) is 0 Å². The van der Waals surface area contributed by atoms with Crippen LogP contribution >= 0.6 is 9.90 Å². The molecule has 0 bridgehead atoms. The highest BCUT2D eigenvalue weighted by Gasteiger charge is 1.99. The van der Waals surface area contributed by atoms with E-state index in [0.717, 1.165) is 0 Å². The lowest BCUT2D eigenvalue weighted by Crippen LogP contribution is -2.21. The monoisotopic (exact) mass is 186 g/mol. The number of hydrogen-bond acceptors (Lipinski definition) is 3. The maximum Gasteiger partial charge on any atom is 0.327 e. The first kappa shape index (κ1) is 8.67. The molecule has 3 N–H and O–H groups in total. The van der Waals surface area contributed by atoms with E-state index in [1.165, 1.54) is 6.33 Å². The molecule has 2 aromatic heterocycles. The van der Waals surface area contributed by atoms with Gasteiger partial charge in [0.05, 0.1) is 6.33 Å². The summed E-state index contributed by atoms with van der Waals surface area (Å²) in [5, 5.41) is 0. The number of nitrogens with zero attached hydrogens (tertiary/aromatic N) is 1. The Kier molecular flexibility index (Phi) is 2.10. The molecule has 12 heavy (non-hydrogen) atoms. The Hall–Kier alpha value is -1.42. The molecular formula is C5H7N4O2P. The highest BCUT2D eigenvalue weighted by atomic mass is 31.0. The molecule has 0 spiro atoms. The molecule has 0 aliphatic rings. The smallest absolute Gasteiger partial charge is 0.327 e. The van der Waals surface area contributed by atoms with Crippen molar-refractivity contribution < 1.29 is 0 Å². The highest BCUT2D eigenvalue weighted by Crippen LogP contribution is 1.92.